The molecule has 0 spiro atoms. The molecule has 128 valence electrons. The maximum absolute atomic E-state index is 12.7. The van der Waals surface area contributed by atoms with Crippen molar-refractivity contribution in [2.24, 2.45) is 11.7 Å². The van der Waals surface area contributed by atoms with Crippen LogP contribution in [0.2, 0.25) is 0 Å². The number of hydrogen-bond acceptors (Lipinski definition) is 5. The molecule has 1 unspecified atom stereocenters. The van der Waals surface area contributed by atoms with Gasteiger partial charge in [0.2, 0.25) is 10.0 Å². The van der Waals surface area contributed by atoms with E-state index >= 15 is 0 Å². The van der Waals surface area contributed by atoms with Crippen LogP contribution in [0, 0.1) is 5.92 Å². The number of hydrogen-bond donors (Lipinski definition) is 2. The van der Waals surface area contributed by atoms with E-state index in [0.29, 0.717) is 37.2 Å². The first-order chi connectivity index (χ1) is 11.1. The lowest BCUT2D eigenvalue weighted by Crippen LogP contribution is -2.44. The van der Waals surface area contributed by atoms with E-state index < -0.39 is 10.0 Å². The zero-order valence-corrected chi connectivity index (χ0v) is 14.0. The van der Waals surface area contributed by atoms with E-state index in [2.05, 4.69) is 4.72 Å². The number of sulfonamides is 1. The van der Waals surface area contributed by atoms with Crippen molar-refractivity contribution >= 4 is 10.0 Å². The largest absolute Gasteiger partial charge is 0.490 e. The molecule has 0 saturated heterocycles. The molecule has 1 aliphatic carbocycles. The lowest BCUT2D eigenvalue weighted by Gasteiger charge is -2.23. The first kappa shape index (κ1) is 16.5. The fourth-order valence-corrected chi connectivity index (χ4v) is 4.61. The van der Waals surface area contributed by atoms with Gasteiger partial charge in [-0.2, -0.15) is 0 Å². The molecule has 0 radical (unpaired) electrons. The Morgan fingerprint density at radius 2 is 1.83 bits per heavy atom. The molecule has 6 nitrogen and oxygen atoms in total. The van der Waals surface area contributed by atoms with Gasteiger partial charge in [-0.05, 0) is 30.9 Å². The summed E-state index contributed by atoms with van der Waals surface area (Å²) in [5, 5.41) is 0. The molecular formula is C16H24N2O4S. The Kier molecular flexibility index (Phi) is 5.08. The normalized spacial score (nSPS) is 20.2. The summed E-state index contributed by atoms with van der Waals surface area (Å²) < 4.78 is 39.2. The Labute approximate surface area is 137 Å². The van der Waals surface area contributed by atoms with Crippen molar-refractivity contribution in [2.75, 3.05) is 19.8 Å². The van der Waals surface area contributed by atoms with E-state index in [1.807, 2.05) is 0 Å². The highest BCUT2D eigenvalue weighted by Crippen LogP contribution is 2.33. The number of ether oxygens (including phenoxy) is 2. The molecule has 1 atom stereocenters. The van der Waals surface area contributed by atoms with Gasteiger partial charge in [-0.25, -0.2) is 13.1 Å². The van der Waals surface area contributed by atoms with Gasteiger partial charge >= 0.3 is 0 Å². The number of benzene rings is 1. The van der Waals surface area contributed by atoms with Crippen LogP contribution in [0.5, 0.6) is 11.5 Å². The van der Waals surface area contributed by atoms with Gasteiger partial charge in [0.15, 0.2) is 11.5 Å². The minimum Gasteiger partial charge on any atom is -0.490 e. The lowest BCUT2D eigenvalue weighted by molar-refractivity contribution is 0.297. The zero-order valence-electron chi connectivity index (χ0n) is 13.2. The Hall–Kier alpha value is -1.31. The maximum atomic E-state index is 12.7. The second kappa shape index (κ2) is 7.07. The molecule has 1 aromatic rings. The monoisotopic (exact) mass is 340 g/mol. The van der Waals surface area contributed by atoms with Crippen molar-refractivity contribution in [2.45, 2.75) is 43.0 Å². The van der Waals surface area contributed by atoms with Gasteiger partial charge in [0.05, 0.1) is 18.1 Å². The zero-order chi connectivity index (χ0) is 16.3. The van der Waals surface area contributed by atoms with Crippen LogP contribution in [-0.4, -0.2) is 34.2 Å². The predicted molar refractivity (Wildman–Crippen MR) is 87.2 cm³/mol. The quantitative estimate of drug-likeness (QED) is 0.850. The van der Waals surface area contributed by atoms with Crippen molar-refractivity contribution in [1.29, 1.82) is 0 Å². The van der Waals surface area contributed by atoms with Crippen LogP contribution in [0.25, 0.3) is 0 Å². The fraction of sp³-hybridized carbons (Fsp3) is 0.625. The van der Waals surface area contributed by atoms with Crippen LogP contribution in [0.4, 0.5) is 0 Å². The summed E-state index contributed by atoms with van der Waals surface area (Å²) in [6.45, 7) is 1.42. The average molecular weight is 340 g/mol. The standard InChI is InChI=1S/C16H24N2O4S/c17-11-14(12-4-1-2-5-12)18-23(19,20)13-6-7-15-16(10-13)22-9-3-8-21-15/h6-7,10,12,14,18H,1-5,8-9,11,17H2. The third-order valence-electron chi connectivity index (χ3n) is 4.56. The molecule has 3 N–H and O–H groups in total. The molecule has 0 aromatic heterocycles. The van der Waals surface area contributed by atoms with Crippen molar-refractivity contribution in [3.8, 4) is 11.5 Å². The highest BCUT2D eigenvalue weighted by molar-refractivity contribution is 7.89. The second-order valence-electron chi connectivity index (χ2n) is 6.17. The molecule has 7 heteroatoms. The van der Waals surface area contributed by atoms with E-state index in [9.17, 15) is 8.42 Å². The minimum atomic E-state index is -3.62. The van der Waals surface area contributed by atoms with E-state index in [0.717, 1.165) is 32.1 Å². The summed E-state index contributed by atoms with van der Waals surface area (Å²) >= 11 is 0. The smallest absolute Gasteiger partial charge is 0.241 e. The summed E-state index contributed by atoms with van der Waals surface area (Å²) in [6.07, 6.45) is 5.14. The number of nitrogens with two attached hydrogens (primary N) is 1. The third-order valence-corrected chi connectivity index (χ3v) is 6.05. The van der Waals surface area contributed by atoms with Crippen molar-refractivity contribution in [1.82, 2.24) is 4.72 Å². The van der Waals surface area contributed by atoms with Crippen LogP contribution in [-0.2, 0) is 10.0 Å². The van der Waals surface area contributed by atoms with Crippen molar-refractivity contribution in [3.63, 3.8) is 0 Å². The molecule has 1 heterocycles. The van der Waals surface area contributed by atoms with Crippen LogP contribution >= 0.6 is 0 Å². The summed E-state index contributed by atoms with van der Waals surface area (Å²) in [6, 6.07) is 4.53. The van der Waals surface area contributed by atoms with Crippen LogP contribution < -0.4 is 19.9 Å². The summed E-state index contributed by atoms with van der Waals surface area (Å²) in [5.74, 6) is 1.40. The second-order valence-corrected chi connectivity index (χ2v) is 7.88. The third kappa shape index (κ3) is 3.79. The molecule has 2 aliphatic rings. The maximum Gasteiger partial charge on any atom is 0.241 e. The van der Waals surface area contributed by atoms with Gasteiger partial charge < -0.3 is 15.2 Å². The van der Waals surface area contributed by atoms with E-state index in [1.165, 1.54) is 6.07 Å². The highest BCUT2D eigenvalue weighted by Gasteiger charge is 2.29. The van der Waals surface area contributed by atoms with E-state index in [4.69, 9.17) is 15.2 Å². The number of rotatable bonds is 5. The molecule has 23 heavy (non-hydrogen) atoms. The van der Waals surface area contributed by atoms with Crippen molar-refractivity contribution in [3.05, 3.63) is 18.2 Å². The predicted octanol–water partition coefficient (Wildman–Crippen LogP) is 1.64. The molecular weight excluding hydrogens is 316 g/mol. The summed E-state index contributed by atoms with van der Waals surface area (Å²) in [5.41, 5.74) is 5.80. The Balaban J connectivity index is 1.80. The highest BCUT2D eigenvalue weighted by atomic mass is 32.2. The lowest BCUT2D eigenvalue weighted by atomic mass is 9.99. The Morgan fingerprint density at radius 3 is 2.52 bits per heavy atom. The van der Waals surface area contributed by atoms with E-state index in [-0.39, 0.29) is 10.9 Å². The first-order valence-electron chi connectivity index (χ1n) is 8.22. The van der Waals surface area contributed by atoms with Gasteiger partial charge in [-0.1, -0.05) is 12.8 Å². The van der Waals surface area contributed by atoms with Crippen LogP contribution in [0.3, 0.4) is 0 Å². The van der Waals surface area contributed by atoms with Crippen LogP contribution in [0.1, 0.15) is 32.1 Å². The number of nitrogens with one attached hydrogen (secondary N) is 1. The van der Waals surface area contributed by atoms with Gasteiger partial charge in [0, 0.05) is 25.1 Å². The van der Waals surface area contributed by atoms with E-state index in [1.54, 1.807) is 12.1 Å². The molecule has 3 rings (SSSR count). The summed E-state index contributed by atoms with van der Waals surface area (Å²) in [4.78, 5) is 0.193. The number of fused-ring (bicyclic) bond motifs is 1. The fourth-order valence-electron chi connectivity index (χ4n) is 3.27. The topological polar surface area (TPSA) is 90.7 Å². The SMILES string of the molecule is NCC(NS(=O)(=O)c1ccc2c(c1)OCCCO2)C1CCCC1. The molecule has 1 saturated carbocycles. The molecule has 0 amide bonds. The van der Waals surface area contributed by atoms with Gasteiger partial charge in [-0.15, -0.1) is 0 Å². The van der Waals surface area contributed by atoms with Gasteiger partial charge in [0.1, 0.15) is 0 Å². The average Bonchev–Trinajstić information content (AvgIpc) is 2.97. The van der Waals surface area contributed by atoms with Gasteiger partial charge in [0.25, 0.3) is 0 Å². The molecule has 1 aromatic carbocycles. The van der Waals surface area contributed by atoms with Gasteiger partial charge in [-0.3, -0.25) is 0 Å². The molecule has 0 bridgehead atoms. The summed E-state index contributed by atoms with van der Waals surface area (Å²) in [7, 11) is -3.62. The Bertz CT molecular complexity index is 641. The van der Waals surface area contributed by atoms with Crippen molar-refractivity contribution < 1.29 is 17.9 Å². The molecule has 1 fully saturated rings. The van der Waals surface area contributed by atoms with Crippen LogP contribution in [0.15, 0.2) is 23.1 Å². The Morgan fingerprint density at radius 1 is 1.13 bits per heavy atom. The first-order valence-corrected chi connectivity index (χ1v) is 9.70. The minimum absolute atomic E-state index is 0.193. The molecule has 1 aliphatic heterocycles.